The molecule has 1 fully saturated rings. The summed E-state index contributed by atoms with van der Waals surface area (Å²) in [6, 6.07) is 8.01. The van der Waals surface area contributed by atoms with Crippen LogP contribution in [0.5, 0.6) is 0 Å². The van der Waals surface area contributed by atoms with Gasteiger partial charge in [-0.2, -0.15) is 0 Å². The summed E-state index contributed by atoms with van der Waals surface area (Å²) < 4.78 is 0. The fourth-order valence-electron chi connectivity index (χ4n) is 2.98. The molecule has 1 aliphatic rings. The van der Waals surface area contributed by atoms with Gasteiger partial charge in [0.2, 0.25) is 0 Å². The largest absolute Gasteiger partial charge is 0.355 e. The smallest absolute Gasteiger partial charge is 0.147 e. The SMILES string of the molecule is c1ccc2nc(N3CCC(c4ncc[nH]4)CC3)cnc2c1. The zero-order chi connectivity index (χ0) is 14.1. The first-order valence-electron chi connectivity index (χ1n) is 7.36. The second-order valence-electron chi connectivity index (χ2n) is 5.45. The van der Waals surface area contributed by atoms with Gasteiger partial charge < -0.3 is 9.88 Å². The lowest BCUT2D eigenvalue weighted by molar-refractivity contribution is 0.486. The Labute approximate surface area is 123 Å². The average Bonchev–Trinajstić information content (AvgIpc) is 3.09. The van der Waals surface area contributed by atoms with E-state index in [1.807, 2.05) is 42.9 Å². The van der Waals surface area contributed by atoms with Crippen molar-refractivity contribution in [3.8, 4) is 0 Å². The molecule has 0 amide bonds. The third-order valence-corrected chi connectivity index (χ3v) is 4.16. The topological polar surface area (TPSA) is 57.7 Å². The van der Waals surface area contributed by atoms with Crippen LogP contribution in [0.1, 0.15) is 24.6 Å². The molecule has 0 aliphatic carbocycles. The predicted molar refractivity (Wildman–Crippen MR) is 82.3 cm³/mol. The van der Waals surface area contributed by atoms with E-state index in [0.29, 0.717) is 5.92 Å². The molecule has 0 spiro atoms. The Hall–Kier alpha value is -2.43. The third-order valence-electron chi connectivity index (χ3n) is 4.16. The molecule has 0 radical (unpaired) electrons. The normalized spacial score (nSPS) is 16.5. The molecular formula is C16H17N5. The summed E-state index contributed by atoms with van der Waals surface area (Å²) in [5.41, 5.74) is 1.91. The van der Waals surface area contributed by atoms with Crippen molar-refractivity contribution in [3.05, 3.63) is 48.7 Å². The van der Waals surface area contributed by atoms with Crippen LogP contribution in [0.25, 0.3) is 11.0 Å². The van der Waals surface area contributed by atoms with Crippen molar-refractivity contribution in [1.82, 2.24) is 19.9 Å². The molecule has 3 aromatic rings. The van der Waals surface area contributed by atoms with Crippen LogP contribution in [0.15, 0.2) is 42.9 Å². The molecule has 106 valence electrons. The van der Waals surface area contributed by atoms with E-state index in [4.69, 9.17) is 4.98 Å². The van der Waals surface area contributed by atoms with Crippen LogP contribution in [-0.2, 0) is 0 Å². The molecule has 1 aliphatic heterocycles. The molecule has 3 heterocycles. The Morgan fingerprint density at radius 2 is 1.86 bits per heavy atom. The number of aromatic nitrogens is 4. The highest BCUT2D eigenvalue weighted by atomic mass is 15.2. The van der Waals surface area contributed by atoms with E-state index >= 15 is 0 Å². The minimum atomic E-state index is 0.532. The summed E-state index contributed by atoms with van der Waals surface area (Å²) in [5.74, 6) is 2.62. The van der Waals surface area contributed by atoms with Gasteiger partial charge in [0.25, 0.3) is 0 Å². The van der Waals surface area contributed by atoms with Gasteiger partial charge in [-0.05, 0) is 25.0 Å². The van der Waals surface area contributed by atoms with E-state index in [1.54, 1.807) is 0 Å². The van der Waals surface area contributed by atoms with Gasteiger partial charge in [-0.3, -0.25) is 4.98 Å². The van der Waals surface area contributed by atoms with Crippen LogP contribution in [0.3, 0.4) is 0 Å². The molecular weight excluding hydrogens is 262 g/mol. The first kappa shape index (κ1) is 12.3. The van der Waals surface area contributed by atoms with Crippen LogP contribution in [0, 0.1) is 0 Å². The van der Waals surface area contributed by atoms with E-state index in [2.05, 4.69) is 19.9 Å². The summed E-state index contributed by atoms with van der Waals surface area (Å²) in [7, 11) is 0. The minimum absolute atomic E-state index is 0.532. The molecule has 0 atom stereocenters. The first-order chi connectivity index (χ1) is 10.4. The first-order valence-corrected chi connectivity index (χ1v) is 7.36. The summed E-state index contributed by atoms with van der Waals surface area (Å²) >= 11 is 0. The Balaban J connectivity index is 1.52. The maximum atomic E-state index is 4.73. The number of H-pyrrole nitrogens is 1. The molecule has 0 unspecified atom stereocenters. The average molecular weight is 279 g/mol. The van der Waals surface area contributed by atoms with E-state index in [9.17, 15) is 0 Å². The van der Waals surface area contributed by atoms with Gasteiger partial charge in [0.15, 0.2) is 0 Å². The maximum Gasteiger partial charge on any atom is 0.147 e. The Bertz CT molecular complexity index is 729. The molecule has 5 nitrogen and oxygen atoms in total. The van der Waals surface area contributed by atoms with Gasteiger partial charge in [-0.1, -0.05) is 12.1 Å². The van der Waals surface area contributed by atoms with Crippen LogP contribution in [-0.4, -0.2) is 33.0 Å². The minimum Gasteiger partial charge on any atom is -0.355 e. The lowest BCUT2D eigenvalue weighted by Crippen LogP contribution is -2.33. The zero-order valence-electron chi connectivity index (χ0n) is 11.7. The fraction of sp³-hybridized carbons (Fsp3) is 0.312. The van der Waals surface area contributed by atoms with Crippen molar-refractivity contribution < 1.29 is 0 Å². The van der Waals surface area contributed by atoms with Crippen molar-refractivity contribution >= 4 is 16.9 Å². The quantitative estimate of drug-likeness (QED) is 0.783. The highest BCUT2D eigenvalue weighted by molar-refractivity contribution is 5.75. The maximum absolute atomic E-state index is 4.73. The van der Waals surface area contributed by atoms with Gasteiger partial charge in [-0.15, -0.1) is 0 Å². The number of imidazole rings is 1. The van der Waals surface area contributed by atoms with Crippen molar-refractivity contribution in [1.29, 1.82) is 0 Å². The molecule has 2 aromatic heterocycles. The number of aromatic amines is 1. The number of nitrogens with one attached hydrogen (secondary N) is 1. The van der Waals surface area contributed by atoms with Crippen LogP contribution >= 0.6 is 0 Å². The number of rotatable bonds is 2. The van der Waals surface area contributed by atoms with Crippen LogP contribution < -0.4 is 4.90 Å². The number of para-hydroxylation sites is 2. The lowest BCUT2D eigenvalue weighted by atomic mass is 9.96. The Kier molecular flexibility index (Phi) is 3.03. The van der Waals surface area contributed by atoms with E-state index in [-0.39, 0.29) is 0 Å². The molecule has 1 N–H and O–H groups in total. The number of anilines is 1. The van der Waals surface area contributed by atoms with Crippen molar-refractivity contribution in [2.45, 2.75) is 18.8 Å². The number of fused-ring (bicyclic) bond motifs is 1. The van der Waals surface area contributed by atoms with E-state index in [0.717, 1.165) is 48.6 Å². The molecule has 1 saturated heterocycles. The van der Waals surface area contributed by atoms with Crippen LogP contribution in [0.4, 0.5) is 5.82 Å². The standard InChI is InChI=1S/C16H17N5/c1-2-4-14-13(3-1)19-11-15(20-14)21-9-5-12(6-10-21)16-17-7-8-18-16/h1-4,7-8,11-12H,5-6,9-10H2,(H,17,18). The second kappa shape index (κ2) is 5.16. The summed E-state index contributed by atoms with van der Waals surface area (Å²) in [6.07, 6.45) is 7.81. The van der Waals surface area contributed by atoms with Gasteiger partial charge in [0.05, 0.1) is 17.2 Å². The summed E-state index contributed by atoms with van der Waals surface area (Å²) in [6.45, 7) is 2.00. The number of piperidine rings is 1. The van der Waals surface area contributed by atoms with Gasteiger partial charge in [-0.25, -0.2) is 9.97 Å². The molecule has 4 rings (SSSR count). The van der Waals surface area contributed by atoms with E-state index < -0.39 is 0 Å². The van der Waals surface area contributed by atoms with Crippen LogP contribution in [0.2, 0.25) is 0 Å². The third kappa shape index (κ3) is 2.35. The Morgan fingerprint density at radius 3 is 2.62 bits per heavy atom. The molecule has 0 saturated carbocycles. The number of hydrogen-bond acceptors (Lipinski definition) is 4. The highest BCUT2D eigenvalue weighted by Gasteiger charge is 2.23. The van der Waals surface area contributed by atoms with Crippen molar-refractivity contribution in [2.24, 2.45) is 0 Å². The fourth-order valence-corrected chi connectivity index (χ4v) is 2.98. The lowest BCUT2D eigenvalue weighted by Gasteiger charge is -2.31. The van der Waals surface area contributed by atoms with Gasteiger partial charge >= 0.3 is 0 Å². The molecule has 21 heavy (non-hydrogen) atoms. The summed E-state index contributed by atoms with van der Waals surface area (Å²) in [4.78, 5) is 19.2. The van der Waals surface area contributed by atoms with E-state index in [1.165, 1.54) is 0 Å². The molecule has 1 aromatic carbocycles. The van der Waals surface area contributed by atoms with Crippen molar-refractivity contribution in [3.63, 3.8) is 0 Å². The van der Waals surface area contributed by atoms with Gasteiger partial charge in [0.1, 0.15) is 11.6 Å². The molecule has 5 heteroatoms. The monoisotopic (exact) mass is 279 g/mol. The van der Waals surface area contributed by atoms with Gasteiger partial charge in [0, 0.05) is 31.4 Å². The predicted octanol–water partition coefficient (Wildman–Crippen LogP) is 2.74. The number of nitrogens with zero attached hydrogens (tertiary/aromatic N) is 4. The number of hydrogen-bond donors (Lipinski definition) is 1. The molecule has 0 bridgehead atoms. The second-order valence-corrected chi connectivity index (χ2v) is 5.45. The number of benzene rings is 1. The summed E-state index contributed by atoms with van der Waals surface area (Å²) in [5, 5.41) is 0. The highest BCUT2D eigenvalue weighted by Crippen LogP contribution is 2.28. The zero-order valence-corrected chi connectivity index (χ0v) is 11.7. The van der Waals surface area contributed by atoms with Crippen molar-refractivity contribution in [2.75, 3.05) is 18.0 Å². The Morgan fingerprint density at radius 1 is 1.05 bits per heavy atom.